The summed E-state index contributed by atoms with van der Waals surface area (Å²) in [6.45, 7) is 2.65. The summed E-state index contributed by atoms with van der Waals surface area (Å²) < 4.78 is 6.36. The molecule has 0 amide bonds. The Morgan fingerprint density at radius 2 is 2.03 bits per heavy atom. The number of carboxylic acid groups (broad SMARTS) is 1. The number of nitrogens with zero attached hydrogens (tertiary/aromatic N) is 3. The fourth-order valence-electron chi connectivity index (χ4n) is 4.55. The molecule has 1 fully saturated rings. The zero-order valence-electron chi connectivity index (χ0n) is 18.9. The first-order chi connectivity index (χ1) is 16.6. The number of ether oxygens (including phenoxy) is 1. The Kier molecular flexibility index (Phi) is 6.10. The van der Waals surface area contributed by atoms with Gasteiger partial charge in [0.25, 0.3) is 0 Å². The maximum absolute atomic E-state index is 12.2. The third-order valence-electron chi connectivity index (χ3n) is 6.16. The molecule has 2 N–H and O–H groups in total. The molecule has 3 heterocycles. The molecule has 2 unspecified atom stereocenters. The number of rotatable bonds is 6. The molecule has 2 aromatic heterocycles. The fraction of sp³-hybridized carbons (Fsp3) is 0.222. The Bertz CT molecular complexity index is 1350. The smallest absolute Gasteiger partial charge is 0.337 e. The number of H-pyrrole nitrogens is 1. The summed E-state index contributed by atoms with van der Waals surface area (Å²) in [6, 6.07) is 17.0. The number of anilines is 2. The largest absolute Gasteiger partial charge is 0.478 e. The van der Waals surface area contributed by atoms with Crippen LogP contribution < -0.4 is 4.90 Å². The number of aryl methyl sites for hydroxylation is 1. The highest BCUT2D eigenvalue weighted by Gasteiger charge is 2.34. The van der Waals surface area contributed by atoms with E-state index in [0.717, 1.165) is 40.7 Å². The van der Waals surface area contributed by atoms with Gasteiger partial charge in [-0.25, -0.2) is 4.79 Å². The third kappa shape index (κ3) is 4.30. The molecule has 0 aliphatic carbocycles. The summed E-state index contributed by atoms with van der Waals surface area (Å²) in [6.07, 6.45) is 9.19. The Balaban J connectivity index is 1.63. The van der Waals surface area contributed by atoms with Gasteiger partial charge in [-0.1, -0.05) is 24.3 Å². The van der Waals surface area contributed by atoms with E-state index in [1.54, 1.807) is 24.5 Å². The van der Waals surface area contributed by atoms with Crippen LogP contribution in [0.4, 0.5) is 11.4 Å². The molecule has 0 bridgehead atoms. The van der Waals surface area contributed by atoms with Crippen molar-refractivity contribution in [3.8, 4) is 0 Å². The molecular formula is C27H26N4O3. The van der Waals surface area contributed by atoms with Gasteiger partial charge < -0.3 is 14.7 Å². The van der Waals surface area contributed by atoms with Gasteiger partial charge in [-0.15, -0.1) is 0 Å². The number of aromatic carboxylic acids is 1. The van der Waals surface area contributed by atoms with Gasteiger partial charge in [-0.05, 0) is 67.8 Å². The second-order valence-electron chi connectivity index (χ2n) is 8.49. The number of carbonyl (C=O) groups is 1. The zero-order valence-corrected chi connectivity index (χ0v) is 18.9. The lowest BCUT2D eigenvalue weighted by Crippen LogP contribution is -2.42. The molecule has 0 spiro atoms. The van der Waals surface area contributed by atoms with Gasteiger partial charge in [0.05, 0.1) is 34.3 Å². The van der Waals surface area contributed by atoms with E-state index in [1.807, 2.05) is 60.4 Å². The van der Waals surface area contributed by atoms with Crippen molar-refractivity contribution in [2.24, 2.45) is 5.92 Å². The van der Waals surface area contributed by atoms with Crippen molar-refractivity contribution < 1.29 is 14.6 Å². The standard InChI is InChI=1S/C27H26N4O3/c1-18-13-14-28-20(16-18)12-11-19-6-5-15-34-26(19)31(24-9-3-2-7-21(24)27(32)33)25-10-4-8-23-22(25)17-29-30-23/h2-4,7-14,16-17,19,26H,5-6,15H2,1H3,(H,29,30)(H,32,33). The highest BCUT2D eigenvalue weighted by atomic mass is 16.5. The minimum Gasteiger partial charge on any atom is -0.478 e. The molecule has 4 aromatic rings. The van der Waals surface area contributed by atoms with Crippen molar-refractivity contribution in [2.45, 2.75) is 26.0 Å². The molecule has 2 aromatic carbocycles. The van der Waals surface area contributed by atoms with Gasteiger partial charge in [0.15, 0.2) is 0 Å². The molecule has 0 saturated carbocycles. The lowest BCUT2D eigenvalue weighted by Gasteiger charge is -2.40. The lowest BCUT2D eigenvalue weighted by atomic mass is 9.95. The summed E-state index contributed by atoms with van der Waals surface area (Å²) in [5, 5.41) is 18.1. The second kappa shape index (κ2) is 9.49. The third-order valence-corrected chi connectivity index (χ3v) is 6.16. The number of nitrogens with one attached hydrogen (secondary N) is 1. The molecule has 2 atom stereocenters. The summed E-state index contributed by atoms with van der Waals surface area (Å²) in [4.78, 5) is 18.6. The highest BCUT2D eigenvalue weighted by molar-refractivity contribution is 5.99. The van der Waals surface area contributed by atoms with Crippen LogP contribution in [0.2, 0.25) is 0 Å². The second-order valence-corrected chi connectivity index (χ2v) is 8.49. The van der Waals surface area contributed by atoms with Crippen molar-refractivity contribution in [3.05, 3.63) is 89.9 Å². The van der Waals surface area contributed by atoms with E-state index in [-0.39, 0.29) is 11.5 Å². The molecule has 7 heteroatoms. The Labute approximate surface area is 197 Å². The van der Waals surface area contributed by atoms with Crippen LogP contribution in [0.15, 0.2) is 73.1 Å². The van der Waals surface area contributed by atoms with E-state index in [9.17, 15) is 9.90 Å². The Morgan fingerprint density at radius 1 is 1.18 bits per heavy atom. The first kappa shape index (κ1) is 21.9. The quantitative estimate of drug-likeness (QED) is 0.396. The summed E-state index contributed by atoms with van der Waals surface area (Å²) in [5.74, 6) is -0.952. The zero-order chi connectivity index (χ0) is 23.5. The number of para-hydroxylation sites is 1. The normalized spacial score (nSPS) is 18.4. The van der Waals surface area contributed by atoms with Crippen LogP contribution in [-0.4, -0.2) is 39.1 Å². The Hall–Kier alpha value is -3.97. The van der Waals surface area contributed by atoms with Crippen LogP contribution in [0.3, 0.4) is 0 Å². The molecule has 1 aliphatic rings. The summed E-state index contributed by atoms with van der Waals surface area (Å²) >= 11 is 0. The van der Waals surface area contributed by atoms with Gasteiger partial charge in [0.1, 0.15) is 6.23 Å². The molecule has 34 heavy (non-hydrogen) atoms. The van der Waals surface area contributed by atoms with E-state index in [0.29, 0.717) is 12.3 Å². The van der Waals surface area contributed by atoms with E-state index < -0.39 is 12.2 Å². The van der Waals surface area contributed by atoms with Crippen LogP contribution in [0.1, 0.15) is 34.5 Å². The number of aromatic amines is 1. The van der Waals surface area contributed by atoms with Crippen LogP contribution in [-0.2, 0) is 4.74 Å². The van der Waals surface area contributed by atoms with E-state index >= 15 is 0 Å². The van der Waals surface area contributed by atoms with Crippen molar-refractivity contribution in [3.63, 3.8) is 0 Å². The van der Waals surface area contributed by atoms with E-state index in [2.05, 4.69) is 21.3 Å². The van der Waals surface area contributed by atoms with E-state index in [4.69, 9.17) is 4.74 Å². The number of fused-ring (bicyclic) bond motifs is 1. The van der Waals surface area contributed by atoms with Gasteiger partial charge >= 0.3 is 5.97 Å². The SMILES string of the molecule is Cc1ccnc(C=CC2CCCOC2N(c2ccccc2C(=O)O)c2cccc3[nH]ncc23)c1. The van der Waals surface area contributed by atoms with Gasteiger partial charge in [0.2, 0.25) is 0 Å². The molecule has 5 rings (SSSR count). The maximum atomic E-state index is 12.2. The molecule has 1 saturated heterocycles. The first-order valence-corrected chi connectivity index (χ1v) is 11.4. The number of carboxylic acids is 1. The van der Waals surface area contributed by atoms with Crippen LogP contribution in [0.5, 0.6) is 0 Å². The minimum atomic E-state index is -0.980. The van der Waals surface area contributed by atoms with Gasteiger partial charge in [0, 0.05) is 24.1 Å². The van der Waals surface area contributed by atoms with Crippen LogP contribution in [0, 0.1) is 12.8 Å². The van der Waals surface area contributed by atoms with Crippen LogP contribution in [0.25, 0.3) is 17.0 Å². The summed E-state index contributed by atoms with van der Waals surface area (Å²) in [7, 11) is 0. The maximum Gasteiger partial charge on any atom is 0.337 e. The van der Waals surface area contributed by atoms with E-state index in [1.165, 1.54) is 0 Å². The average Bonchev–Trinajstić information content (AvgIpc) is 3.34. The number of hydrogen-bond donors (Lipinski definition) is 2. The topological polar surface area (TPSA) is 91.3 Å². The summed E-state index contributed by atoms with van der Waals surface area (Å²) in [5.41, 5.74) is 4.57. The van der Waals surface area contributed by atoms with Crippen molar-refractivity contribution >= 4 is 34.3 Å². The first-order valence-electron chi connectivity index (χ1n) is 11.4. The number of benzene rings is 2. The average molecular weight is 455 g/mol. The monoisotopic (exact) mass is 454 g/mol. The van der Waals surface area contributed by atoms with Crippen molar-refractivity contribution in [1.29, 1.82) is 0 Å². The lowest BCUT2D eigenvalue weighted by molar-refractivity contribution is -0.00578. The molecule has 0 radical (unpaired) electrons. The van der Waals surface area contributed by atoms with Crippen molar-refractivity contribution in [2.75, 3.05) is 11.5 Å². The highest BCUT2D eigenvalue weighted by Crippen LogP contribution is 2.40. The molecule has 7 nitrogen and oxygen atoms in total. The molecular weight excluding hydrogens is 428 g/mol. The fourth-order valence-corrected chi connectivity index (χ4v) is 4.55. The van der Waals surface area contributed by atoms with Crippen LogP contribution >= 0.6 is 0 Å². The minimum absolute atomic E-state index is 0.0278. The molecule has 172 valence electrons. The van der Waals surface area contributed by atoms with Gasteiger partial charge in [-0.3, -0.25) is 10.1 Å². The molecule has 1 aliphatic heterocycles. The van der Waals surface area contributed by atoms with Gasteiger partial charge in [-0.2, -0.15) is 5.10 Å². The predicted octanol–water partition coefficient (Wildman–Crippen LogP) is 5.57. The predicted molar refractivity (Wildman–Crippen MR) is 132 cm³/mol. The number of pyridine rings is 1. The van der Waals surface area contributed by atoms with Crippen molar-refractivity contribution in [1.82, 2.24) is 15.2 Å². The number of aromatic nitrogens is 3. The number of hydrogen-bond acceptors (Lipinski definition) is 5. The Morgan fingerprint density at radius 3 is 2.88 bits per heavy atom.